The van der Waals surface area contributed by atoms with Gasteiger partial charge in [0, 0.05) is 6.61 Å². The highest BCUT2D eigenvalue weighted by Gasteiger charge is 2.30. The maximum atomic E-state index is 12.6. The van der Waals surface area contributed by atoms with Gasteiger partial charge in [-0.1, -0.05) is 11.3 Å². The Balaban J connectivity index is 2.24. The van der Waals surface area contributed by atoms with Crippen LogP contribution in [0.4, 0.5) is 13.2 Å². The van der Waals surface area contributed by atoms with Gasteiger partial charge in [0.1, 0.15) is 0 Å². The maximum absolute atomic E-state index is 12.6. The van der Waals surface area contributed by atoms with Gasteiger partial charge in [-0.2, -0.15) is 13.2 Å². The van der Waals surface area contributed by atoms with E-state index in [-0.39, 0.29) is 6.61 Å². The minimum absolute atomic E-state index is 0.0381. The molecule has 0 saturated carbocycles. The molecule has 0 fully saturated rings. The fourth-order valence-corrected chi connectivity index (χ4v) is 1.62. The number of alkyl halides is 3. The second-order valence-corrected chi connectivity index (χ2v) is 4.03. The number of aromatic nitrogens is 3. The Morgan fingerprint density at radius 2 is 2.05 bits per heavy atom. The summed E-state index contributed by atoms with van der Waals surface area (Å²) in [5.74, 6) is 0. The Morgan fingerprint density at radius 1 is 1.26 bits per heavy atom. The first-order valence-electron chi connectivity index (χ1n) is 5.70. The second kappa shape index (κ2) is 5.40. The molecule has 2 aromatic rings. The number of rotatable bonds is 4. The Morgan fingerprint density at radius 3 is 2.74 bits per heavy atom. The highest BCUT2D eigenvalue weighted by atomic mass is 19.4. The summed E-state index contributed by atoms with van der Waals surface area (Å²) in [6, 6.07) is 4.88. The van der Waals surface area contributed by atoms with E-state index >= 15 is 0 Å². The standard InChI is InChI=1S/C12H12F3N3O/c13-12(14,15)9-3-1-5-11(7-9)18-8-10(16-17-18)4-2-6-19/h1,3,5,7-8,19H,2,4,6H2. The van der Waals surface area contributed by atoms with Crippen molar-refractivity contribution in [2.45, 2.75) is 19.0 Å². The first-order chi connectivity index (χ1) is 9.00. The van der Waals surface area contributed by atoms with Crippen molar-refractivity contribution >= 4 is 0 Å². The zero-order valence-electron chi connectivity index (χ0n) is 9.93. The fraction of sp³-hybridized carbons (Fsp3) is 0.333. The smallest absolute Gasteiger partial charge is 0.396 e. The van der Waals surface area contributed by atoms with Gasteiger partial charge in [0.2, 0.25) is 0 Å². The lowest BCUT2D eigenvalue weighted by atomic mass is 10.2. The predicted molar refractivity (Wildman–Crippen MR) is 61.8 cm³/mol. The number of benzene rings is 1. The van der Waals surface area contributed by atoms with Crippen molar-refractivity contribution in [2.24, 2.45) is 0 Å². The number of hydrogen-bond donors (Lipinski definition) is 1. The first-order valence-corrected chi connectivity index (χ1v) is 5.70. The van der Waals surface area contributed by atoms with Gasteiger partial charge in [0.05, 0.1) is 23.1 Å². The molecular formula is C12H12F3N3O. The van der Waals surface area contributed by atoms with Crippen molar-refractivity contribution in [2.75, 3.05) is 6.61 Å². The van der Waals surface area contributed by atoms with Crippen LogP contribution < -0.4 is 0 Å². The maximum Gasteiger partial charge on any atom is 0.416 e. The molecule has 0 aliphatic rings. The van der Waals surface area contributed by atoms with E-state index in [1.165, 1.54) is 16.8 Å². The van der Waals surface area contributed by atoms with Crippen molar-refractivity contribution in [3.05, 3.63) is 41.7 Å². The van der Waals surface area contributed by atoms with Gasteiger partial charge >= 0.3 is 6.18 Å². The van der Waals surface area contributed by atoms with E-state index in [1.807, 2.05) is 0 Å². The van der Waals surface area contributed by atoms with Crippen molar-refractivity contribution < 1.29 is 18.3 Å². The molecule has 102 valence electrons. The zero-order chi connectivity index (χ0) is 13.9. The van der Waals surface area contributed by atoms with Crippen LogP contribution in [0.15, 0.2) is 30.5 Å². The van der Waals surface area contributed by atoms with Crippen molar-refractivity contribution in [1.29, 1.82) is 0 Å². The van der Waals surface area contributed by atoms with Crippen LogP contribution in [0.2, 0.25) is 0 Å². The van der Waals surface area contributed by atoms with E-state index in [1.54, 1.807) is 6.20 Å². The van der Waals surface area contributed by atoms with Gasteiger partial charge in [-0.05, 0) is 31.0 Å². The lowest BCUT2D eigenvalue weighted by molar-refractivity contribution is -0.137. The summed E-state index contributed by atoms with van der Waals surface area (Å²) < 4.78 is 39.0. The topological polar surface area (TPSA) is 50.9 Å². The molecule has 1 aromatic heterocycles. The average molecular weight is 271 g/mol. The summed E-state index contributed by atoms with van der Waals surface area (Å²) in [7, 11) is 0. The molecule has 0 unspecified atom stereocenters. The molecule has 0 amide bonds. The van der Waals surface area contributed by atoms with Gasteiger partial charge in [0.25, 0.3) is 0 Å². The Kier molecular flexibility index (Phi) is 3.84. The van der Waals surface area contributed by atoms with E-state index in [9.17, 15) is 13.2 Å². The second-order valence-electron chi connectivity index (χ2n) is 4.03. The summed E-state index contributed by atoms with van der Waals surface area (Å²) >= 11 is 0. The molecule has 4 nitrogen and oxygen atoms in total. The Hall–Kier alpha value is -1.89. The van der Waals surface area contributed by atoms with Crippen LogP contribution >= 0.6 is 0 Å². The molecule has 0 aliphatic heterocycles. The number of nitrogens with zero attached hydrogens (tertiary/aromatic N) is 3. The van der Waals surface area contributed by atoms with Crippen LogP contribution in [-0.2, 0) is 12.6 Å². The van der Waals surface area contributed by atoms with Crippen LogP contribution in [-0.4, -0.2) is 26.7 Å². The molecule has 2 rings (SSSR count). The molecule has 19 heavy (non-hydrogen) atoms. The summed E-state index contributed by atoms with van der Waals surface area (Å²) in [4.78, 5) is 0. The third-order valence-corrected chi connectivity index (χ3v) is 2.57. The van der Waals surface area contributed by atoms with Gasteiger partial charge in [0.15, 0.2) is 0 Å². The van der Waals surface area contributed by atoms with Crippen molar-refractivity contribution in [3.63, 3.8) is 0 Å². The van der Waals surface area contributed by atoms with Crippen LogP contribution in [0.1, 0.15) is 17.7 Å². The molecule has 0 aliphatic carbocycles. The van der Waals surface area contributed by atoms with E-state index < -0.39 is 11.7 Å². The summed E-state index contributed by atoms with van der Waals surface area (Å²) in [6.45, 7) is 0.0381. The molecule has 0 bridgehead atoms. The molecule has 1 N–H and O–H groups in total. The molecule has 0 radical (unpaired) electrons. The highest BCUT2D eigenvalue weighted by Crippen LogP contribution is 2.30. The average Bonchev–Trinajstić information content (AvgIpc) is 2.84. The molecular weight excluding hydrogens is 259 g/mol. The summed E-state index contributed by atoms with van der Waals surface area (Å²) in [5, 5.41) is 16.3. The van der Waals surface area contributed by atoms with Gasteiger partial charge in [-0.25, -0.2) is 4.68 Å². The van der Waals surface area contributed by atoms with E-state index in [4.69, 9.17) is 5.11 Å². The monoisotopic (exact) mass is 271 g/mol. The highest BCUT2D eigenvalue weighted by molar-refractivity contribution is 5.36. The van der Waals surface area contributed by atoms with E-state index in [2.05, 4.69) is 10.3 Å². The molecule has 0 atom stereocenters. The van der Waals surface area contributed by atoms with Crippen LogP contribution in [0.25, 0.3) is 5.69 Å². The summed E-state index contributed by atoms with van der Waals surface area (Å²) in [5.41, 5.74) is 0.210. The van der Waals surface area contributed by atoms with Crippen LogP contribution in [0, 0.1) is 0 Å². The van der Waals surface area contributed by atoms with Crippen molar-refractivity contribution in [1.82, 2.24) is 15.0 Å². The predicted octanol–water partition coefficient (Wildman–Crippen LogP) is 2.21. The number of aliphatic hydroxyl groups is 1. The molecule has 0 spiro atoms. The molecule has 1 aromatic carbocycles. The lowest BCUT2D eigenvalue weighted by Gasteiger charge is -2.08. The molecule has 1 heterocycles. The van der Waals surface area contributed by atoms with E-state index in [0.29, 0.717) is 24.2 Å². The SMILES string of the molecule is OCCCc1cn(-c2cccc(C(F)(F)F)c2)nn1. The third kappa shape index (κ3) is 3.31. The molecule has 0 saturated heterocycles. The van der Waals surface area contributed by atoms with Crippen LogP contribution in [0.3, 0.4) is 0 Å². The zero-order valence-corrected chi connectivity index (χ0v) is 9.93. The number of halogens is 3. The fourth-order valence-electron chi connectivity index (χ4n) is 1.62. The normalized spacial score (nSPS) is 11.8. The van der Waals surface area contributed by atoms with Gasteiger partial charge < -0.3 is 5.11 Å². The molecule has 7 heteroatoms. The summed E-state index contributed by atoms with van der Waals surface area (Å²) in [6.07, 6.45) is -1.74. The number of hydrogen-bond acceptors (Lipinski definition) is 3. The van der Waals surface area contributed by atoms with Crippen molar-refractivity contribution in [3.8, 4) is 5.69 Å². The van der Waals surface area contributed by atoms with Gasteiger partial charge in [-0.15, -0.1) is 5.10 Å². The van der Waals surface area contributed by atoms with E-state index in [0.717, 1.165) is 12.1 Å². The number of aliphatic hydroxyl groups excluding tert-OH is 1. The Labute approximate surface area is 107 Å². The first kappa shape index (κ1) is 13.5. The quantitative estimate of drug-likeness (QED) is 0.927. The van der Waals surface area contributed by atoms with Gasteiger partial charge in [-0.3, -0.25) is 0 Å². The lowest BCUT2D eigenvalue weighted by Crippen LogP contribution is -2.06. The Bertz CT molecular complexity index is 551. The number of aryl methyl sites for hydroxylation is 1. The third-order valence-electron chi connectivity index (χ3n) is 2.57. The minimum Gasteiger partial charge on any atom is -0.396 e. The largest absolute Gasteiger partial charge is 0.416 e. The van der Waals surface area contributed by atoms with Crippen LogP contribution in [0.5, 0.6) is 0 Å². The minimum atomic E-state index is -4.38.